The molecule has 1 heteroatoms. The van der Waals surface area contributed by atoms with Gasteiger partial charge in [-0.05, 0) is 49.5 Å². The number of hydrogen-bond donors (Lipinski definition) is 1. The van der Waals surface area contributed by atoms with Gasteiger partial charge in [0.15, 0.2) is 0 Å². The molecule has 1 nitrogen and oxygen atoms in total. The van der Waals surface area contributed by atoms with Gasteiger partial charge in [-0.15, -0.1) is 0 Å². The highest BCUT2D eigenvalue weighted by atomic mass is 14.9. The smallest absolute Gasteiger partial charge is 0.00726 e. The van der Waals surface area contributed by atoms with E-state index in [2.05, 4.69) is 26.1 Å². The van der Waals surface area contributed by atoms with Gasteiger partial charge in [-0.3, -0.25) is 0 Å². The number of nitrogens with one attached hydrogen (secondary N) is 1. The number of hydrogen-bond acceptors (Lipinski definition) is 1. The molecule has 13 heavy (non-hydrogen) atoms. The average Bonchev–Trinajstić information content (AvgIpc) is 2.62. The summed E-state index contributed by atoms with van der Waals surface area (Å²) in [6, 6.07) is 0.861. The predicted octanol–water partition coefficient (Wildman–Crippen LogP) is 2.67. The van der Waals surface area contributed by atoms with Gasteiger partial charge in [-0.25, -0.2) is 0 Å². The van der Waals surface area contributed by atoms with Crippen molar-refractivity contribution in [3.63, 3.8) is 0 Å². The maximum absolute atomic E-state index is 3.70. The van der Waals surface area contributed by atoms with Crippen LogP contribution in [0.5, 0.6) is 0 Å². The van der Waals surface area contributed by atoms with Crippen molar-refractivity contribution < 1.29 is 0 Å². The lowest BCUT2D eigenvalue weighted by molar-refractivity contribution is 0.167. The van der Waals surface area contributed by atoms with Gasteiger partial charge in [0.1, 0.15) is 0 Å². The van der Waals surface area contributed by atoms with E-state index in [9.17, 15) is 0 Å². The van der Waals surface area contributed by atoms with Crippen LogP contribution >= 0.6 is 0 Å². The Labute approximate surface area is 82.3 Å². The number of rotatable bonds is 4. The van der Waals surface area contributed by atoms with Gasteiger partial charge in [0, 0.05) is 6.04 Å². The molecule has 2 aliphatic rings. The largest absolute Gasteiger partial charge is 0.314 e. The maximum atomic E-state index is 3.70. The van der Waals surface area contributed by atoms with Crippen molar-refractivity contribution in [2.24, 2.45) is 23.7 Å². The minimum Gasteiger partial charge on any atom is -0.314 e. The summed E-state index contributed by atoms with van der Waals surface area (Å²) in [6.07, 6.45) is 4.32. The Hall–Kier alpha value is -0.0400. The van der Waals surface area contributed by atoms with Crippen LogP contribution < -0.4 is 5.32 Å². The quantitative estimate of drug-likeness (QED) is 0.703. The summed E-state index contributed by atoms with van der Waals surface area (Å²) in [5, 5.41) is 3.70. The Morgan fingerprint density at radius 1 is 1.23 bits per heavy atom. The minimum absolute atomic E-state index is 0.861. The van der Waals surface area contributed by atoms with E-state index in [1.165, 1.54) is 25.8 Å². The summed E-state index contributed by atoms with van der Waals surface area (Å²) < 4.78 is 0. The molecule has 0 spiro atoms. The molecule has 0 aromatic rings. The average molecular weight is 181 g/mol. The van der Waals surface area contributed by atoms with Crippen molar-refractivity contribution in [2.45, 2.75) is 46.1 Å². The first-order chi connectivity index (χ1) is 6.16. The fourth-order valence-corrected chi connectivity index (χ4v) is 2.37. The first-order valence-electron chi connectivity index (χ1n) is 5.90. The summed E-state index contributed by atoms with van der Waals surface area (Å²) in [7, 11) is 0. The standard InChI is InChI=1S/C12H23N/c1-8(2)10-5-12(6-10)13-7-11-4-9(11)3/h8-13H,4-7H2,1-3H3. The van der Waals surface area contributed by atoms with Crippen LogP contribution in [-0.2, 0) is 0 Å². The van der Waals surface area contributed by atoms with Crippen molar-refractivity contribution in [1.29, 1.82) is 0 Å². The Balaban J connectivity index is 1.54. The second-order valence-electron chi connectivity index (χ2n) is 5.55. The monoisotopic (exact) mass is 181 g/mol. The summed E-state index contributed by atoms with van der Waals surface area (Å²) in [4.78, 5) is 0. The molecule has 1 N–H and O–H groups in total. The van der Waals surface area contributed by atoms with Crippen LogP contribution in [-0.4, -0.2) is 12.6 Å². The van der Waals surface area contributed by atoms with Gasteiger partial charge in [-0.1, -0.05) is 20.8 Å². The molecule has 2 aliphatic carbocycles. The van der Waals surface area contributed by atoms with E-state index in [0.717, 1.165) is 29.7 Å². The first kappa shape index (κ1) is 9.51. The molecular formula is C12H23N. The molecule has 0 aliphatic heterocycles. The van der Waals surface area contributed by atoms with E-state index < -0.39 is 0 Å². The zero-order valence-electron chi connectivity index (χ0n) is 9.22. The fraction of sp³-hybridized carbons (Fsp3) is 1.00. The molecule has 0 aromatic heterocycles. The molecule has 0 aromatic carbocycles. The summed E-state index contributed by atoms with van der Waals surface area (Å²) >= 11 is 0. The van der Waals surface area contributed by atoms with Crippen LogP contribution in [0.1, 0.15) is 40.0 Å². The van der Waals surface area contributed by atoms with E-state index in [4.69, 9.17) is 0 Å². The third-order valence-electron chi connectivity index (χ3n) is 4.06. The third kappa shape index (κ3) is 2.25. The lowest BCUT2D eigenvalue weighted by Gasteiger charge is -2.38. The molecule has 0 saturated heterocycles. The second kappa shape index (κ2) is 3.61. The van der Waals surface area contributed by atoms with Crippen LogP contribution in [0.2, 0.25) is 0 Å². The minimum atomic E-state index is 0.861. The molecule has 2 unspecified atom stereocenters. The molecule has 0 bridgehead atoms. The lowest BCUT2D eigenvalue weighted by atomic mass is 9.73. The van der Waals surface area contributed by atoms with Crippen molar-refractivity contribution in [3.8, 4) is 0 Å². The van der Waals surface area contributed by atoms with E-state index in [1.54, 1.807) is 0 Å². The van der Waals surface area contributed by atoms with E-state index in [1.807, 2.05) is 0 Å². The van der Waals surface area contributed by atoms with Crippen LogP contribution in [0.15, 0.2) is 0 Å². The Morgan fingerprint density at radius 2 is 1.85 bits per heavy atom. The SMILES string of the molecule is CC(C)C1CC(NCC2CC2C)C1. The van der Waals surface area contributed by atoms with Crippen molar-refractivity contribution in [2.75, 3.05) is 6.54 Å². The maximum Gasteiger partial charge on any atom is 0.00726 e. The second-order valence-corrected chi connectivity index (χ2v) is 5.55. The summed E-state index contributed by atoms with van der Waals surface area (Å²) in [5.41, 5.74) is 0. The molecule has 2 atom stereocenters. The van der Waals surface area contributed by atoms with Crippen LogP contribution in [0.25, 0.3) is 0 Å². The van der Waals surface area contributed by atoms with E-state index in [0.29, 0.717) is 0 Å². The highest BCUT2D eigenvalue weighted by molar-refractivity contribution is 4.90. The van der Waals surface area contributed by atoms with Gasteiger partial charge in [-0.2, -0.15) is 0 Å². The van der Waals surface area contributed by atoms with Gasteiger partial charge >= 0.3 is 0 Å². The van der Waals surface area contributed by atoms with Gasteiger partial charge in [0.25, 0.3) is 0 Å². The zero-order chi connectivity index (χ0) is 9.42. The Kier molecular flexibility index (Phi) is 2.64. The van der Waals surface area contributed by atoms with Crippen molar-refractivity contribution >= 4 is 0 Å². The molecule has 0 radical (unpaired) electrons. The van der Waals surface area contributed by atoms with Crippen LogP contribution in [0, 0.1) is 23.7 Å². The summed E-state index contributed by atoms with van der Waals surface area (Å²) in [5.74, 6) is 3.93. The molecule has 2 saturated carbocycles. The van der Waals surface area contributed by atoms with Crippen LogP contribution in [0.4, 0.5) is 0 Å². The Bertz CT molecular complexity index is 170. The predicted molar refractivity (Wildman–Crippen MR) is 56.6 cm³/mol. The molecule has 0 heterocycles. The topological polar surface area (TPSA) is 12.0 Å². The highest BCUT2D eigenvalue weighted by Gasteiger charge is 2.35. The van der Waals surface area contributed by atoms with Crippen molar-refractivity contribution in [1.82, 2.24) is 5.32 Å². The molecule has 2 fully saturated rings. The van der Waals surface area contributed by atoms with E-state index in [-0.39, 0.29) is 0 Å². The fourth-order valence-electron chi connectivity index (χ4n) is 2.37. The normalized spacial score (nSPS) is 43.4. The van der Waals surface area contributed by atoms with Crippen LogP contribution in [0.3, 0.4) is 0 Å². The third-order valence-corrected chi connectivity index (χ3v) is 4.06. The van der Waals surface area contributed by atoms with Crippen molar-refractivity contribution in [3.05, 3.63) is 0 Å². The summed E-state index contributed by atoms with van der Waals surface area (Å²) in [6.45, 7) is 8.36. The molecular weight excluding hydrogens is 158 g/mol. The zero-order valence-corrected chi connectivity index (χ0v) is 9.22. The Morgan fingerprint density at radius 3 is 2.31 bits per heavy atom. The van der Waals surface area contributed by atoms with Gasteiger partial charge in [0.2, 0.25) is 0 Å². The van der Waals surface area contributed by atoms with Gasteiger partial charge in [0.05, 0.1) is 0 Å². The molecule has 76 valence electrons. The van der Waals surface area contributed by atoms with Gasteiger partial charge < -0.3 is 5.32 Å². The molecule has 0 amide bonds. The lowest BCUT2D eigenvalue weighted by Crippen LogP contribution is -2.43. The molecule has 2 rings (SSSR count). The van der Waals surface area contributed by atoms with E-state index >= 15 is 0 Å². The first-order valence-corrected chi connectivity index (χ1v) is 5.90. The highest BCUT2D eigenvalue weighted by Crippen LogP contribution is 2.38.